The second-order valence-electron chi connectivity index (χ2n) is 6.30. The van der Waals surface area contributed by atoms with E-state index < -0.39 is 0 Å². The molecule has 0 radical (unpaired) electrons. The lowest BCUT2D eigenvalue weighted by Gasteiger charge is -2.13. The molecule has 6 heteroatoms. The molecule has 0 atom stereocenters. The molecule has 1 heterocycles. The lowest BCUT2D eigenvalue weighted by Crippen LogP contribution is -2.07. The minimum atomic E-state index is 0.610. The Balaban J connectivity index is 1.82. The Hall–Kier alpha value is -3.28. The summed E-state index contributed by atoms with van der Waals surface area (Å²) in [5.41, 5.74) is 2.05. The molecule has 0 saturated carbocycles. The van der Waals surface area contributed by atoms with E-state index in [9.17, 15) is 0 Å². The molecule has 3 aromatic rings. The van der Waals surface area contributed by atoms with Gasteiger partial charge in [-0.2, -0.15) is 0 Å². The molecule has 146 valence electrons. The van der Waals surface area contributed by atoms with Gasteiger partial charge in [-0.15, -0.1) is 0 Å². The van der Waals surface area contributed by atoms with E-state index in [1.807, 2.05) is 54.6 Å². The summed E-state index contributed by atoms with van der Waals surface area (Å²) in [6, 6.07) is 17.8. The Morgan fingerprint density at radius 2 is 1.54 bits per heavy atom. The molecule has 3 rings (SSSR count). The topological polar surface area (TPSA) is 68.3 Å². The Morgan fingerprint density at radius 1 is 0.821 bits per heavy atom. The minimum Gasteiger partial charge on any atom is -0.493 e. The molecule has 2 N–H and O–H groups in total. The maximum Gasteiger partial charge on any atom is 0.163 e. The van der Waals surface area contributed by atoms with Crippen molar-refractivity contribution < 1.29 is 9.47 Å². The summed E-state index contributed by atoms with van der Waals surface area (Å²) in [4.78, 5) is 9.33. The third-order valence-corrected chi connectivity index (χ3v) is 4.24. The lowest BCUT2D eigenvalue weighted by molar-refractivity contribution is 0.354. The average molecular weight is 378 g/mol. The van der Waals surface area contributed by atoms with Gasteiger partial charge in [0.2, 0.25) is 0 Å². The van der Waals surface area contributed by atoms with Gasteiger partial charge in [0.15, 0.2) is 17.3 Å². The van der Waals surface area contributed by atoms with E-state index in [0.717, 1.165) is 35.7 Å². The van der Waals surface area contributed by atoms with Crippen LogP contribution in [-0.4, -0.2) is 30.7 Å². The van der Waals surface area contributed by atoms with Crippen molar-refractivity contribution in [1.82, 2.24) is 9.97 Å². The summed E-state index contributed by atoms with van der Waals surface area (Å²) in [5.74, 6) is 3.69. The molecule has 28 heavy (non-hydrogen) atoms. The number of benzene rings is 2. The molecule has 0 amide bonds. The zero-order valence-electron chi connectivity index (χ0n) is 16.5. The number of aromatic nitrogens is 2. The quantitative estimate of drug-likeness (QED) is 0.567. The maximum absolute atomic E-state index is 5.38. The van der Waals surface area contributed by atoms with Crippen LogP contribution in [0.1, 0.15) is 18.9 Å². The number of hydrogen-bond acceptors (Lipinski definition) is 6. The first-order chi connectivity index (χ1) is 13.7. The predicted octanol–water partition coefficient (Wildman–Crippen LogP) is 4.59. The Morgan fingerprint density at radius 3 is 2.21 bits per heavy atom. The first-order valence-corrected chi connectivity index (χ1v) is 9.36. The molecular weight excluding hydrogens is 352 g/mol. The normalized spacial score (nSPS) is 10.4. The Bertz CT molecular complexity index is 900. The van der Waals surface area contributed by atoms with Crippen LogP contribution in [0.25, 0.3) is 11.4 Å². The van der Waals surface area contributed by atoms with Crippen molar-refractivity contribution in [3.05, 3.63) is 60.2 Å². The van der Waals surface area contributed by atoms with Crippen LogP contribution in [0.4, 0.5) is 11.6 Å². The number of nitrogens with one attached hydrogen (secondary N) is 2. The van der Waals surface area contributed by atoms with Crippen LogP contribution in [-0.2, 0) is 6.54 Å². The Kier molecular flexibility index (Phi) is 6.68. The van der Waals surface area contributed by atoms with Gasteiger partial charge in [0, 0.05) is 24.7 Å². The second kappa shape index (κ2) is 9.60. The number of anilines is 2. The van der Waals surface area contributed by atoms with Gasteiger partial charge in [0.05, 0.1) is 14.2 Å². The first-order valence-electron chi connectivity index (χ1n) is 9.36. The zero-order chi connectivity index (χ0) is 19.8. The van der Waals surface area contributed by atoms with Gasteiger partial charge >= 0.3 is 0 Å². The Labute approximate surface area is 166 Å². The van der Waals surface area contributed by atoms with Crippen LogP contribution in [0.15, 0.2) is 54.6 Å². The largest absolute Gasteiger partial charge is 0.493 e. The standard InChI is InChI=1S/C22H26N4O2/c1-4-12-23-20-14-21(26-22(25-20)17-8-6-5-7-9-17)24-15-16-10-11-18(27-2)19(13-16)28-3/h5-11,13-14H,4,12,15H2,1-3H3,(H2,23,24,25,26). The smallest absolute Gasteiger partial charge is 0.163 e. The van der Waals surface area contributed by atoms with Crippen LogP contribution in [0, 0.1) is 0 Å². The summed E-state index contributed by atoms with van der Waals surface area (Å²) < 4.78 is 10.7. The number of ether oxygens (including phenoxy) is 2. The molecule has 0 unspecified atom stereocenters. The fourth-order valence-electron chi connectivity index (χ4n) is 2.78. The van der Waals surface area contributed by atoms with Crippen LogP contribution in [0.2, 0.25) is 0 Å². The third-order valence-electron chi connectivity index (χ3n) is 4.24. The van der Waals surface area contributed by atoms with Crippen molar-refractivity contribution >= 4 is 11.6 Å². The number of methoxy groups -OCH3 is 2. The molecule has 0 bridgehead atoms. The maximum atomic E-state index is 5.38. The van der Waals surface area contributed by atoms with Gasteiger partial charge in [-0.05, 0) is 24.1 Å². The van der Waals surface area contributed by atoms with E-state index in [-0.39, 0.29) is 0 Å². The predicted molar refractivity (Wildman–Crippen MR) is 113 cm³/mol. The average Bonchev–Trinajstić information content (AvgIpc) is 2.76. The number of hydrogen-bond donors (Lipinski definition) is 2. The highest BCUT2D eigenvalue weighted by molar-refractivity contribution is 5.61. The molecule has 0 aliphatic carbocycles. The van der Waals surface area contributed by atoms with Crippen molar-refractivity contribution in [3.63, 3.8) is 0 Å². The van der Waals surface area contributed by atoms with Gasteiger partial charge in [-0.25, -0.2) is 9.97 Å². The van der Waals surface area contributed by atoms with E-state index in [0.29, 0.717) is 23.9 Å². The fraction of sp³-hybridized carbons (Fsp3) is 0.273. The van der Waals surface area contributed by atoms with Crippen molar-refractivity contribution in [2.75, 3.05) is 31.4 Å². The molecule has 1 aromatic heterocycles. The molecule has 0 aliphatic heterocycles. The van der Waals surface area contributed by atoms with Gasteiger partial charge in [-0.3, -0.25) is 0 Å². The summed E-state index contributed by atoms with van der Waals surface area (Å²) in [6.45, 7) is 3.60. The number of rotatable bonds is 9. The van der Waals surface area contributed by atoms with E-state index in [1.54, 1.807) is 14.2 Å². The van der Waals surface area contributed by atoms with Gasteiger partial charge < -0.3 is 20.1 Å². The van der Waals surface area contributed by atoms with E-state index >= 15 is 0 Å². The van der Waals surface area contributed by atoms with Crippen LogP contribution >= 0.6 is 0 Å². The van der Waals surface area contributed by atoms with Crippen LogP contribution < -0.4 is 20.1 Å². The SMILES string of the molecule is CCCNc1cc(NCc2ccc(OC)c(OC)c2)nc(-c2ccccc2)n1. The molecule has 0 spiro atoms. The highest BCUT2D eigenvalue weighted by Crippen LogP contribution is 2.28. The minimum absolute atomic E-state index is 0.610. The lowest BCUT2D eigenvalue weighted by atomic mass is 10.2. The number of nitrogens with zero attached hydrogens (tertiary/aromatic N) is 2. The highest BCUT2D eigenvalue weighted by Gasteiger charge is 2.08. The van der Waals surface area contributed by atoms with Crippen LogP contribution in [0.3, 0.4) is 0 Å². The molecule has 0 saturated heterocycles. The van der Waals surface area contributed by atoms with Crippen molar-refractivity contribution in [2.24, 2.45) is 0 Å². The molecular formula is C22H26N4O2. The highest BCUT2D eigenvalue weighted by atomic mass is 16.5. The summed E-state index contributed by atoms with van der Waals surface area (Å²) >= 11 is 0. The van der Waals surface area contributed by atoms with Crippen LogP contribution in [0.5, 0.6) is 11.5 Å². The van der Waals surface area contributed by atoms with Crippen molar-refractivity contribution in [2.45, 2.75) is 19.9 Å². The molecule has 6 nitrogen and oxygen atoms in total. The molecule has 2 aromatic carbocycles. The summed E-state index contributed by atoms with van der Waals surface area (Å²) in [6.07, 6.45) is 1.03. The first kappa shape index (κ1) is 19.5. The van der Waals surface area contributed by atoms with Gasteiger partial charge in [0.25, 0.3) is 0 Å². The monoisotopic (exact) mass is 378 g/mol. The summed E-state index contributed by atoms with van der Waals surface area (Å²) in [5, 5.41) is 6.74. The van der Waals surface area contributed by atoms with Gasteiger partial charge in [0.1, 0.15) is 11.6 Å². The zero-order valence-corrected chi connectivity index (χ0v) is 16.5. The third kappa shape index (κ3) is 4.91. The summed E-state index contributed by atoms with van der Waals surface area (Å²) in [7, 11) is 3.27. The van der Waals surface area contributed by atoms with Crippen molar-refractivity contribution in [3.8, 4) is 22.9 Å². The molecule has 0 aliphatic rings. The second-order valence-corrected chi connectivity index (χ2v) is 6.30. The van der Waals surface area contributed by atoms with Gasteiger partial charge in [-0.1, -0.05) is 43.3 Å². The fourth-order valence-corrected chi connectivity index (χ4v) is 2.78. The van der Waals surface area contributed by atoms with E-state index in [4.69, 9.17) is 9.47 Å². The molecule has 0 fully saturated rings. The van der Waals surface area contributed by atoms with Crippen molar-refractivity contribution in [1.29, 1.82) is 0 Å². The van der Waals surface area contributed by atoms with E-state index in [2.05, 4.69) is 27.5 Å². The van der Waals surface area contributed by atoms with E-state index in [1.165, 1.54) is 0 Å².